The van der Waals surface area contributed by atoms with E-state index in [9.17, 15) is 4.39 Å². The molecule has 0 aliphatic heterocycles. The minimum atomic E-state index is -0.477. The fraction of sp³-hybridized carbons (Fsp3) is 0.0833. The van der Waals surface area contributed by atoms with Crippen molar-refractivity contribution >= 4 is 11.6 Å². The van der Waals surface area contributed by atoms with E-state index in [4.69, 9.17) is 21.4 Å². The quantitative estimate of drug-likeness (QED) is 0.914. The van der Waals surface area contributed by atoms with Gasteiger partial charge in [0.05, 0.1) is 11.6 Å². The monoisotopic (exact) mass is 253 g/mol. The van der Waals surface area contributed by atoms with Gasteiger partial charge in [-0.2, -0.15) is 0 Å². The number of hydrogen-bond donors (Lipinski definition) is 1. The lowest BCUT2D eigenvalue weighted by Gasteiger charge is -2.07. The fourth-order valence-corrected chi connectivity index (χ4v) is 1.44. The van der Waals surface area contributed by atoms with Crippen LogP contribution in [-0.2, 0) is 6.61 Å². The second-order valence-electron chi connectivity index (χ2n) is 3.30. The van der Waals surface area contributed by atoms with Crippen molar-refractivity contribution in [1.82, 2.24) is 4.98 Å². The molecule has 0 aliphatic rings. The van der Waals surface area contributed by atoms with Gasteiger partial charge in [-0.25, -0.2) is 9.37 Å². The van der Waals surface area contributed by atoms with Crippen LogP contribution in [0.5, 0.6) is 11.6 Å². The Balaban J connectivity index is 2.28. The standard InChI is InChI=1S/C12H9ClFNO2/c13-9-6-15-12(5-8(9)7-16)17-11-4-2-1-3-10(11)14/h1-6,16H,7H2. The summed E-state index contributed by atoms with van der Waals surface area (Å²) in [5.74, 6) is -0.218. The molecular formula is C12H9ClFNO2. The molecule has 1 heterocycles. The molecule has 1 N–H and O–H groups in total. The van der Waals surface area contributed by atoms with Gasteiger partial charge in [0.25, 0.3) is 0 Å². The number of ether oxygens (including phenoxy) is 1. The topological polar surface area (TPSA) is 42.4 Å². The number of nitrogens with zero attached hydrogens (tertiary/aromatic N) is 1. The van der Waals surface area contributed by atoms with Gasteiger partial charge in [-0.15, -0.1) is 0 Å². The highest BCUT2D eigenvalue weighted by Crippen LogP contribution is 2.25. The zero-order chi connectivity index (χ0) is 12.3. The predicted octanol–water partition coefficient (Wildman–Crippen LogP) is 3.16. The summed E-state index contributed by atoms with van der Waals surface area (Å²) in [4.78, 5) is 3.89. The molecule has 3 nitrogen and oxygen atoms in total. The van der Waals surface area contributed by atoms with Gasteiger partial charge in [-0.3, -0.25) is 0 Å². The number of aliphatic hydroxyl groups is 1. The molecule has 1 aromatic carbocycles. The third kappa shape index (κ3) is 2.72. The number of para-hydroxylation sites is 1. The molecule has 0 saturated carbocycles. The number of rotatable bonds is 3. The molecule has 1 aromatic heterocycles. The minimum absolute atomic E-state index is 0.0752. The lowest BCUT2D eigenvalue weighted by Crippen LogP contribution is -1.93. The summed E-state index contributed by atoms with van der Waals surface area (Å²) in [7, 11) is 0. The molecule has 88 valence electrons. The van der Waals surface area contributed by atoms with Gasteiger partial charge in [-0.05, 0) is 12.1 Å². The largest absolute Gasteiger partial charge is 0.436 e. The zero-order valence-electron chi connectivity index (χ0n) is 8.73. The van der Waals surface area contributed by atoms with Crippen LogP contribution >= 0.6 is 11.6 Å². The van der Waals surface area contributed by atoms with E-state index in [1.54, 1.807) is 12.1 Å². The zero-order valence-corrected chi connectivity index (χ0v) is 9.49. The van der Waals surface area contributed by atoms with Crippen molar-refractivity contribution in [2.45, 2.75) is 6.61 Å². The Hall–Kier alpha value is -1.65. The minimum Gasteiger partial charge on any atom is -0.436 e. The van der Waals surface area contributed by atoms with Crippen molar-refractivity contribution in [3.8, 4) is 11.6 Å². The first-order valence-corrected chi connectivity index (χ1v) is 5.26. The van der Waals surface area contributed by atoms with E-state index in [0.29, 0.717) is 10.6 Å². The summed E-state index contributed by atoms with van der Waals surface area (Å²) in [6.45, 7) is -0.227. The number of benzene rings is 1. The molecule has 0 atom stereocenters. The summed E-state index contributed by atoms with van der Waals surface area (Å²) in [5, 5.41) is 9.36. The summed E-state index contributed by atoms with van der Waals surface area (Å²) < 4.78 is 18.6. The number of hydrogen-bond acceptors (Lipinski definition) is 3. The van der Waals surface area contributed by atoms with Gasteiger partial charge in [0.15, 0.2) is 11.6 Å². The maximum absolute atomic E-state index is 13.3. The fourth-order valence-electron chi connectivity index (χ4n) is 1.28. The van der Waals surface area contributed by atoms with Gasteiger partial charge in [-0.1, -0.05) is 23.7 Å². The third-order valence-electron chi connectivity index (χ3n) is 2.13. The van der Waals surface area contributed by atoms with Crippen LogP contribution in [0.4, 0.5) is 4.39 Å². The molecule has 5 heteroatoms. The Kier molecular flexibility index (Phi) is 3.56. The number of halogens is 2. The average Bonchev–Trinajstić information content (AvgIpc) is 2.34. The first-order valence-electron chi connectivity index (χ1n) is 4.88. The van der Waals surface area contributed by atoms with E-state index in [0.717, 1.165) is 0 Å². The highest BCUT2D eigenvalue weighted by Gasteiger charge is 2.07. The normalized spacial score (nSPS) is 10.3. The van der Waals surface area contributed by atoms with Crippen molar-refractivity contribution in [2.75, 3.05) is 0 Å². The van der Waals surface area contributed by atoms with Crippen LogP contribution < -0.4 is 4.74 Å². The van der Waals surface area contributed by atoms with Crippen LogP contribution in [0.2, 0.25) is 5.02 Å². The Morgan fingerprint density at radius 1 is 1.35 bits per heavy atom. The lowest BCUT2D eigenvalue weighted by atomic mass is 10.3. The highest BCUT2D eigenvalue weighted by molar-refractivity contribution is 6.31. The van der Waals surface area contributed by atoms with E-state index in [-0.39, 0.29) is 18.2 Å². The average molecular weight is 254 g/mol. The molecule has 0 aliphatic carbocycles. The van der Waals surface area contributed by atoms with Crippen molar-refractivity contribution in [2.24, 2.45) is 0 Å². The van der Waals surface area contributed by atoms with E-state index >= 15 is 0 Å². The second kappa shape index (κ2) is 5.12. The smallest absolute Gasteiger partial charge is 0.219 e. The molecule has 17 heavy (non-hydrogen) atoms. The van der Waals surface area contributed by atoms with Crippen molar-refractivity contribution in [3.63, 3.8) is 0 Å². The molecule has 0 fully saturated rings. The molecule has 0 amide bonds. The summed E-state index contributed by atoms with van der Waals surface area (Å²) in [6, 6.07) is 7.47. The van der Waals surface area contributed by atoms with E-state index in [2.05, 4.69) is 4.98 Å². The van der Waals surface area contributed by atoms with Gasteiger partial charge >= 0.3 is 0 Å². The highest BCUT2D eigenvalue weighted by atomic mass is 35.5. The molecule has 0 bridgehead atoms. The Bertz CT molecular complexity index is 534. The maximum atomic E-state index is 13.3. The summed E-state index contributed by atoms with van der Waals surface area (Å²) in [5.41, 5.74) is 0.480. The van der Waals surface area contributed by atoms with Crippen LogP contribution in [0.3, 0.4) is 0 Å². The van der Waals surface area contributed by atoms with Crippen LogP contribution in [0.1, 0.15) is 5.56 Å². The number of aliphatic hydroxyl groups excluding tert-OH is 1. The van der Waals surface area contributed by atoms with Crippen LogP contribution in [-0.4, -0.2) is 10.1 Å². The first kappa shape index (κ1) is 11.8. The molecule has 2 aromatic rings. The number of aromatic nitrogens is 1. The van der Waals surface area contributed by atoms with Crippen molar-refractivity contribution in [1.29, 1.82) is 0 Å². The molecule has 0 radical (unpaired) electrons. The molecule has 0 unspecified atom stereocenters. The molecule has 2 rings (SSSR count). The van der Waals surface area contributed by atoms with E-state index < -0.39 is 5.82 Å². The third-order valence-corrected chi connectivity index (χ3v) is 2.47. The van der Waals surface area contributed by atoms with Crippen LogP contribution in [0, 0.1) is 5.82 Å². The lowest BCUT2D eigenvalue weighted by molar-refractivity contribution is 0.281. The Morgan fingerprint density at radius 3 is 2.82 bits per heavy atom. The molecule has 0 saturated heterocycles. The first-order chi connectivity index (χ1) is 8.20. The van der Waals surface area contributed by atoms with Gasteiger partial charge < -0.3 is 9.84 Å². The van der Waals surface area contributed by atoms with Crippen molar-refractivity contribution in [3.05, 3.63) is 52.9 Å². The van der Waals surface area contributed by atoms with E-state index in [1.165, 1.54) is 24.4 Å². The van der Waals surface area contributed by atoms with Gasteiger partial charge in [0.2, 0.25) is 5.88 Å². The van der Waals surface area contributed by atoms with E-state index in [1.807, 2.05) is 0 Å². The van der Waals surface area contributed by atoms with Crippen LogP contribution in [0.15, 0.2) is 36.5 Å². The van der Waals surface area contributed by atoms with Crippen molar-refractivity contribution < 1.29 is 14.2 Å². The van der Waals surface area contributed by atoms with Gasteiger partial charge in [0.1, 0.15) is 0 Å². The second-order valence-corrected chi connectivity index (χ2v) is 3.71. The predicted molar refractivity (Wildman–Crippen MR) is 61.6 cm³/mol. The Morgan fingerprint density at radius 2 is 2.12 bits per heavy atom. The Labute approximate surface area is 102 Å². The number of pyridine rings is 1. The maximum Gasteiger partial charge on any atom is 0.219 e. The van der Waals surface area contributed by atoms with Crippen LogP contribution in [0.25, 0.3) is 0 Å². The SMILES string of the molecule is OCc1cc(Oc2ccccc2F)ncc1Cl. The molecular weight excluding hydrogens is 245 g/mol. The summed E-state index contributed by atoms with van der Waals surface area (Å²) in [6.07, 6.45) is 1.35. The van der Waals surface area contributed by atoms with Gasteiger partial charge in [0, 0.05) is 17.8 Å². The summed E-state index contributed by atoms with van der Waals surface area (Å²) >= 11 is 5.78. The molecule has 0 spiro atoms.